The second kappa shape index (κ2) is 3.69. The molecule has 0 saturated carbocycles. The summed E-state index contributed by atoms with van der Waals surface area (Å²) in [6, 6.07) is 11.9. The molecule has 90 valence electrons. The molecule has 0 saturated heterocycles. The van der Waals surface area contributed by atoms with Crippen molar-refractivity contribution in [3.05, 3.63) is 58.1 Å². The normalized spacial score (nSPS) is 15.1. The summed E-state index contributed by atoms with van der Waals surface area (Å²) in [4.78, 5) is 10.9. The molecule has 0 bridgehead atoms. The Morgan fingerprint density at radius 3 is 2.28 bits per heavy atom. The van der Waals surface area contributed by atoms with Crippen LogP contribution in [0.4, 0.5) is 0 Å². The van der Waals surface area contributed by atoms with Gasteiger partial charge in [-0.25, -0.2) is 0 Å². The molecule has 2 aromatic carbocycles. The summed E-state index contributed by atoms with van der Waals surface area (Å²) in [6.45, 7) is 4.34. The van der Waals surface area contributed by atoms with E-state index in [0.717, 1.165) is 16.9 Å². The van der Waals surface area contributed by atoms with Gasteiger partial charge in [0, 0.05) is 16.0 Å². The average Bonchev–Trinajstić information content (AvgIpc) is 2.58. The molecule has 0 aromatic heterocycles. The van der Waals surface area contributed by atoms with Crippen molar-refractivity contribution < 1.29 is 4.79 Å². The SMILES string of the molecule is CC1(C)c2cc(Cl)ccc2-c2ccc(C=O)cc21. The molecule has 0 N–H and O–H groups in total. The van der Waals surface area contributed by atoms with Gasteiger partial charge in [0.2, 0.25) is 0 Å². The van der Waals surface area contributed by atoms with Gasteiger partial charge in [-0.2, -0.15) is 0 Å². The van der Waals surface area contributed by atoms with Gasteiger partial charge in [-0.3, -0.25) is 4.79 Å². The zero-order valence-electron chi connectivity index (χ0n) is 10.3. The van der Waals surface area contributed by atoms with Gasteiger partial charge in [0.05, 0.1) is 0 Å². The molecule has 0 radical (unpaired) electrons. The molecule has 1 aliphatic rings. The second-order valence-corrected chi connectivity index (χ2v) is 5.67. The van der Waals surface area contributed by atoms with E-state index in [0.29, 0.717) is 0 Å². The van der Waals surface area contributed by atoms with E-state index >= 15 is 0 Å². The van der Waals surface area contributed by atoms with Crippen molar-refractivity contribution in [3.63, 3.8) is 0 Å². The van der Waals surface area contributed by atoms with Gasteiger partial charge in [0.15, 0.2) is 0 Å². The second-order valence-electron chi connectivity index (χ2n) is 5.24. The van der Waals surface area contributed by atoms with Crippen LogP contribution in [0.3, 0.4) is 0 Å². The number of rotatable bonds is 1. The van der Waals surface area contributed by atoms with Crippen LogP contribution in [0.1, 0.15) is 35.3 Å². The molecule has 18 heavy (non-hydrogen) atoms. The first-order valence-corrected chi connectivity index (χ1v) is 6.32. The molecule has 1 nitrogen and oxygen atoms in total. The van der Waals surface area contributed by atoms with Gasteiger partial charge in [0.25, 0.3) is 0 Å². The molecule has 0 fully saturated rings. The minimum atomic E-state index is -0.103. The van der Waals surface area contributed by atoms with Crippen LogP contribution in [0.25, 0.3) is 11.1 Å². The standard InChI is InChI=1S/C16H13ClO/c1-16(2)14-7-10(9-18)3-5-12(14)13-6-4-11(17)8-15(13)16/h3-9H,1-2H3. The third-order valence-corrected chi connectivity index (χ3v) is 4.03. The smallest absolute Gasteiger partial charge is 0.150 e. The van der Waals surface area contributed by atoms with Crippen LogP contribution < -0.4 is 0 Å². The highest BCUT2D eigenvalue weighted by Gasteiger charge is 2.35. The summed E-state index contributed by atoms with van der Waals surface area (Å²) in [5.41, 5.74) is 5.47. The number of aldehydes is 1. The summed E-state index contributed by atoms with van der Waals surface area (Å²) in [7, 11) is 0. The van der Waals surface area contributed by atoms with Crippen LogP contribution >= 0.6 is 11.6 Å². The summed E-state index contributed by atoms with van der Waals surface area (Å²) in [6.07, 6.45) is 0.895. The third kappa shape index (κ3) is 1.44. The fourth-order valence-electron chi connectivity index (χ4n) is 2.80. The van der Waals surface area contributed by atoms with E-state index in [1.165, 1.54) is 22.3 Å². The largest absolute Gasteiger partial charge is 0.298 e. The van der Waals surface area contributed by atoms with E-state index in [9.17, 15) is 4.79 Å². The lowest BCUT2D eigenvalue weighted by molar-refractivity contribution is 0.112. The van der Waals surface area contributed by atoms with Crippen LogP contribution in [0.2, 0.25) is 5.02 Å². The first-order valence-electron chi connectivity index (χ1n) is 5.94. The molecule has 0 spiro atoms. The van der Waals surface area contributed by atoms with E-state index in [4.69, 9.17) is 11.6 Å². The molecule has 1 aliphatic carbocycles. The quantitative estimate of drug-likeness (QED) is 0.689. The molecule has 0 unspecified atom stereocenters. The lowest BCUT2D eigenvalue weighted by atomic mass is 9.82. The topological polar surface area (TPSA) is 17.1 Å². The van der Waals surface area contributed by atoms with Crippen LogP contribution in [0.5, 0.6) is 0 Å². The summed E-state index contributed by atoms with van der Waals surface area (Å²) in [5, 5.41) is 0.755. The Morgan fingerprint density at radius 2 is 1.61 bits per heavy atom. The van der Waals surface area contributed by atoms with Crippen molar-refractivity contribution in [2.45, 2.75) is 19.3 Å². The highest BCUT2D eigenvalue weighted by atomic mass is 35.5. The molecular formula is C16H13ClO. The van der Waals surface area contributed by atoms with E-state index in [1.54, 1.807) is 0 Å². The van der Waals surface area contributed by atoms with Crippen LogP contribution in [0.15, 0.2) is 36.4 Å². The lowest BCUT2D eigenvalue weighted by Gasteiger charge is -2.21. The fourth-order valence-corrected chi connectivity index (χ4v) is 2.97. The van der Waals surface area contributed by atoms with Crippen LogP contribution in [-0.4, -0.2) is 6.29 Å². The molecule has 0 heterocycles. The Hall–Kier alpha value is -1.60. The number of halogens is 1. The molecule has 0 atom stereocenters. The molecule has 2 aromatic rings. The summed E-state index contributed by atoms with van der Waals surface area (Å²) >= 11 is 6.10. The van der Waals surface area contributed by atoms with Gasteiger partial charge < -0.3 is 0 Å². The highest BCUT2D eigenvalue weighted by Crippen LogP contribution is 2.49. The number of carbonyl (C=O) groups is 1. The van der Waals surface area contributed by atoms with Crippen LogP contribution in [-0.2, 0) is 5.41 Å². The number of benzene rings is 2. The number of carbonyl (C=O) groups excluding carboxylic acids is 1. The minimum absolute atomic E-state index is 0.103. The van der Waals surface area contributed by atoms with Crippen molar-refractivity contribution in [2.75, 3.05) is 0 Å². The predicted octanol–water partition coefficient (Wildman–Crippen LogP) is 4.46. The van der Waals surface area contributed by atoms with E-state index in [2.05, 4.69) is 19.9 Å². The Balaban J connectivity index is 2.34. The van der Waals surface area contributed by atoms with Gasteiger partial charge in [0.1, 0.15) is 6.29 Å². The van der Waals surface area contributed by atoms with E-state index < -0.39 is 0 Å². The van der Waals surface area contributed by atoms with Crippen molar-refractivity contribution in [1.82, 2.24) is 0 Å². The number of hydrogen-bond donors (Lipinski definition) is 0. The molecule has 0 aliphatic heterocycles. The van der Waals surface area contributed by atoms with Gasteiger partial charge in [-0.1, -0.05) is 43.6 Å². The van der Waals surface area contributed by atoms with Gasteiger partial charge >= 0.3 is 0 Å². The van der Waals surface area contributed by atoms with E-state index in [-0.39, 0.29) is 5.41 Å². The Morgan fingerprint density at radius 1 is 1.00 bits per heavy atom. The van der Waals surface area contributed by atoms with E-state index in [1.807, 2.05) is 30.3 Å². The number of fused-ring (bicyclic) bond motifs is 3. The molecule has 3 rings (SSSR count). The zero-order valence-corrected chi connectivity index (χ0v) is 11.1. The highest BCUT2D eigenvalue weighted by molar-refractivity contribution is 6.30. The van der Waals surface area contributed by atoms with Crippen molar-refractivity contribution in [2.24, 2.45) is 0 Å². The average molecular weight is 257 g/mol. The monoisotopic (exact) mass is 256 g/mol. The fraction of sp³-hybridized carbons (Fsp3) is 0.188. The molecule has 0 amide bonds. The maximum atomic E-state index is 10.9. The molecular weight excluding hydrogens is 244 g/mol. The number of hydrogen-bond acceptors (Lipinski definition) is 1. The third-order valence-electron chi connectivity index (χ3n) is 3.80. The summed E-state index contributed by atoms with van der Waals surface area (Å²) < 4.78 is 0. The maximum Gasteiger partial charge on any atom is 0.150 e. The Kier molecular flexibility index (Phi) is 2.36. The Bertz CT molecular complexity index is 656. The first kappa shape index (κ1) is 11.5. The van der Waals surface area contributed by atoms with Crippen molar-refractivity contribution >= 4 is 17.9 Å². The lowest BCUT2D eigenvalue weighted by Crippen LogP contribution is -2.15. The van der Waals surface area contributed by atoms with Crippen molar-refractivity contribution in [1.29, 1.82) is 0 Å². The van der Waals surface area contributed by atoms with Crippen LogP contribution in [0, 0.1) is 0 Å². The van der Waals surface area contributed by atoms with Gasteiger partial charge in [-0.15, -0.1) is 0 Å². The predicted molar refractivity (Wildman–Crippen MR) is 74.4 cm³/mol. The first-order chi connectivity index (χ1) is 8.54. The minimum Gasteiger partial charge on any atom is -0.298 e. The van der Waals surface area contributed by atoms with Gasteiger partial charge in [-0.05, 0) is 40.5 Å². The zero-order chi connectivity index (χ0) is 12.9. The maximum absolute atomic E-state index is 10.9. The Labute approximate surface area is 111 Å². The van der Waals surface area contributed by atoms with Crippen molar-refractivity contribution in [3.8, 4) is 11.1 Å². The summed E-state index contributed by atoms with van der Waals surface area (Å²) in [5.74, 6) is 0. The molecule has 2 heteroatoms.